The van der Waals surface area contributed by atoms with E-state index in [1.807, 2.05) is 55.5 Å². The van der Waals surface area contributed by atoms with E-state index in [9.17, 15) is 29.4 Å². The molecule has 4 aliphatic rings. The van der Waals surface area contributed by atoms with E-state index in [4.69, 9.17) is 0 Å². The molecule has 50 heavy (non-hydrogen) atoms. The average molecular weight is 668 g/mol. The molecule has 0 spiro atoms. The van der Waals surface area contributed by atoms with Gasteiger partial charge in [-0.05, 0) is 67.6 Å². The van der Waals surface area contributed by atoms with Crippen LogP contribution in [0.25, 0.3) is 0 Å². The number of hydrazine groups is 1. The summed E-state index contributed by atoms with van der Waals surface area (Å²) in [6.07, 6.45) is 2.22. The first-order chi connectivity index (χ1) is 24.1. The number of anilines is 2. The van der Waals surface area contributed by atoms with Gasteiger partial charge in [0.1, 0.15) is 5.75 Å². The fourth-order valence-corrected chi connectivity index (χ4v) is 8.86. The van der Waals surface area contributed by atoms with Gasteiger partial charge in [-0.2, -0.15) is 5.01 Å². The van der Waals surface area contributed by atoms with Crippen molar-refractivity contribution in [1.29, 1.82) is 0 Å². The lowest BCUT2D eigenvalue weighted by atomic mass is 9.49. The minimum atomic E-state index is -1.49. The zero-order valence-electron chi connectivity index (χ0n) is 27.0. The van der Waals surface area contributed by atoms with E-state index in [0.29, 0.717) is 22.4 Å². The molecule has 1 saturated carbocycles. The number of carbonyl (C=O) groups excluding carboxylic acids is 4. The molecule has 0 radical (unpaired) electrons. The van der Waals surface area contributed by atoms with Crippen molar-refractivity contribution in [3.8, 4) is 5.75 Å². The number of benzene rings is 4. The maximum atomic E-state index is 15.1. The summed E-state index contributed by atoms with van der Waals surface area (Å²) in [6, 6.07) is 28.9. The summed E-state index contributed by atoms with van der Waals surface area (Å²) in [6.45, 7) is 1.94. The van der Waals surface area contributed by atoms with Crippen LogP contribution in [0.4, 0.5) is 11.4 Å². The summed E-state index contributed by atoms with van der Waals surface area (Å²) in [5.74, 6) is -7.15. The number of hydrogen-bond acceptors (Lipinski definition) is 7. The maximum Gasteiger partial charge on any atom is 0.335 e. The Morgan fingerprint density at radius 1 is 0.820 bits per heavy atom. The highest BCUT2D eigenvalue weighted by atomic mass is 16.4. The van der Waals surface area contributed by atoms with E-state index in [2.05, 4.69) is 5.43 Å². The third-order valence-corrected chi connectivity index (χ3v) is 11.0. The molecule has 8 rings (SSSR count). The van der Waals surface area contributed by atoms with Crippen molar-refractivity contribution in [3.05, 3.63) is 137 Å². The van der Waals surface area contributed by atoms with Crippen LogP contribution < -0.4 is 10.3 Å². The zero-order chi connectivity index (χ0) is 34.9. The number of rotatable bonds is 6. The third-order valence-electron chi connectivity index (χ3n) is 11.0. The lowest BCUT2D eigenvalue weighted by Gasteiger charge is -2.50. The first kappa shape index (κ1) is 31.3. The molecular formula is C40H33N3O7. The van der Waals surface area contributed by atoms with Crippen LogP contribution in [0.3, 0.4) is 0 Å². The molecule has 2 aliphatic heterocycles. The number of imide groups is 2. The number of para-hydroxylation sites is 1. The Morgan fingerprint density at radius 3 is 2.26 bits per heavy atom. The summed E-state index contributed by atoms with van der Waals surface area (Å²) >= 11 is 0. The number of nitrogens with one attached hydrogen (secondary N) is 1. The number of aromatic hydroxyl groups is 1. The van der Waals surface area contributed by atoms with Crippen LogP contribution in [0, 0.1) is 30.6 Å². The van der Waals surface area contributed by atoms with Crippen LogP contribution in [-0.2, 0) is 24.6 Å². The summed E-state index contributed by atoms with van der Waals surface area (Å²) in [7, 11) is 0. The van der Waals surface area contributed by atoms with Gasteiger partial charge in [-0.1, -0.05) is 83.9 Å². The molecule has 3 fully saturated rings. The van der Waals surface area contributed by atoms with E-state index in [1.165, 1.54) is 24.3 Å². The van der Waals surface area contributed by atoms with Gasteiger partial charge in [0.25, 0.3) is 11.8 Å². The molecule has 4 aromatic carbocycles. The summed E-state index contributed by atoms with van der Waals surface area (Å²) in [4.78, 5) is 71.1. The Labute approximate surface area is 287 Å². The van der Waals surface area contributed by atoms with Gasteiger partial charge in [0, 0.05) is 11.5 Å². The highest BCUT2D eigenvalue weighted by molar-refractivity contribution is 6.23. The molecule has 0 bridgehead atoms. The monoisotopic (exact) mass is 667 g/mol. The topological polar surface area (TPSA) is 144 Å². The zero-order valence-corrected chi connectivity index (χ0v) is 27.0. The van der Waals surface area contributed by atoms with Crippen molar-refractivity contribution >= 4 is 41.0 Å². The lowest BCUT2D eigenvalue weighted by molar-refractivity contribution is -0.138. The Hall–Kier alpha value is -6.03. The number of carboxylic acid groups (broad SMARTS) is 1. The number of amides is 4. The average Bonchev–Trinajstić information content (AvgIpc) is 3.50. The largest absolute Gasteiger partial charge is 0.508 e. The molecular weight excluding hydrogens is 634 g/mol. The molecule has 0 aromatic heterocycles. The molecule has 10 nitrogen and oxygen atoms in total. The van der Waals surface area contributed by atoms with Crippen LogP contribution in [-0.4, -0.2) is 44.8 Å². The van der Waals surface area contributed by atoms with Gasteiger partial charge < -0.3 is 10.2 Å². The number of phenolic OH excluding ortho intramolecular Hbond substituents is 1. The van der Waals surface area contributed by atoms with Gasteiger partial charge in [-0.15, -0.1) is 0 Å². The maximum absolute atomic E-state index is 15.1. The van der Waals surface area contributed by atoms with Crippen LogP contribution in [0.2, 0.25) is 0 Å². The van der Waals surface area contributed by atoms with Gasteiger partial charge in [0.05, 0.1) is 40.1 Å². The Morgan fingerprint density at radius 2 is 1.54 bits per heavy atom. The van der Waals surface area contributed by atoms with Crippen molar-refractivity contribution in [1.82, 2.24) is 5.01 Å². The molecule has 4 amide bonds. The summed E-state index contributed by atoms with van der Waals surface area (Å²) in [5.41, 5.74) is 5.00. The predicted octanol–water partition coefficient (Wildman–Crippen LogP) is 5.59. The molecule has 10 heteroatoms. The standard InChI is InChI=1S/C40H33N3O7/c1-22-14-16-25(17-15-22)41-43-36(46)31-21-30-27(18-19-29-33(30)37(47)42(35(29)45)26-11-7-8-23(20-26)38(48)49)34(28-12-5-6-13-32(28)44)40(31,39(43)50)24-9-3-2-4-10-24/h2-18,20,29-31,33-34,41,44H,19,21H2,1H3,(H,48,49). The molecule has 250 valence electrons. The minimum absolute atomic E-state index is 0.0543. The Balaban J connectivity index is 1.30. The molecule has 6 unspecified atom stereocenters. The number of fused-ring (bicyclic) bond motifs is 4. The predicted molar refractivity (Wildman–Crippen MR) is 183 cm³/mol. The van der Waals surface area contributed by atoms with Crippen LogP contribution in [0.15, 0.2) is 115 Å². The quantitative estimate of drug-likeness (QED) is 0.178. The second kappa shape index (κ2) is 11.5. The molecule has 6 atom stereocenters. The minimum Gasteiger partial charge on any atom is -0.508 e. The number of allylic oxidation sites excluding steroid dienone is 2. The second-order valence-corrected chi connectivity index (χ2v) is 13.5. The van der Waals surface area contributed by atoms with Crippen LogP contribution in [0.5, 0.6) is 5.75 Å². The van der Waals surface area contributed by atoms with Crippen molar-refractivity contribution in [3.63, 3.8) is 0 Å². The van der Waals surface area contributed by atoms with Crippen molar-refractivity contribution in [2.75, 3.05) is 10.3 Å². The van der Waals surface area contributed by atoms with Crippen molar-refractivity contribution in [2.24, 2.45) is 23.7 Å². The fourth-order valence-electron chi connectivity index (χ4n) is 8.86. The SMILES string of the molecule is Cc1ccc(NN2C(=O)C3CC4C(=CCC5C(=O)N(c6cccc(C(=O)O)c6)C(=O)C54)C(c4ccccc4O)C3(c3ccccc3)C2=O)cc1. The molecule has 2 heterocycles. The molecule has 2 aliphatic carbocycles. The first-order valence-electron chi connectivity index (χ1n) is 16.6. The lowest BCUT2D eigenvalue weighted by Crippen LogP contribution is -2.53. The van der Waals surface area contributed by atoms with Crippen LogP contribution in [0.1, 0.15) is 45.8 Å². The van der Waals surface area contributed by atoms with E-state index >= 15 is 4.79 Å². The smallest absolute Gasteiger partial charge is 0.335 e. The normalized spacial score (nSPS) is 27.1. The highest BCUT2D eigenvalue weighted by Gasteiger charge is 2.70. The van der Waals surface area contributed by atoms with Gasteiger partial charge in [-0.3, -0.25) is 29.5 Å². The number of hydrogen-bond donors (Lipinski definition) is 3. The van der Waals surface area contributed by atoms with E-state index in [0.717, 1.165) is 15.5 Å². The molecule has 4 aromatic rings. The van der Waals surface area contributed by atoms with Crippen molar-refractivity contribution < 1.29 is 34.2 Å². The first-order valence-corrected chi connectivity index (χ1v) is 16.6. The highest BCUT2D eigenvalue weighted by Crippen LogP contribution is 2.65. The number of nitrogens with zero attached hydrogens (tertiary/aromatic N) is 2. The number of carbonyl (C=O) groups is 5. The van der Waals surface area contributed by atoms with E-state index < -0.39 is 64.6 Å². The van der Waals surface area contributed by atoms with Gasteiger partial charge in [0.15, 0.2) is 0 Å². The molecule has 2 saturated heterocycles. The number of carboxylic acids is 1. The summed E-state index contributed by atoms with van der Waals surface area (Å²) < 4.78 is 0. The number of aromatic carboxylic acids is 1. The van der Waals surface area contributed by atoms with Crippen molar-refractivity contribution in [2.45, 2.75) is 31.1 Å². The van der Waals surface area contributed by atoms with Gasteiger partial charge >= 0.3 is 5.97 Å². The Bertz CT molecular complexity index is 2130. The third kappa shape index (κ3) is 4.44. The summed E-state index contributed by atoms with van der Waals surface area (Å²) in [5, 5.41) is 22.1. The van der Waals surface area contributed by atoms with E-state index in [1.54, 1.807) is 36.4 Å². The van der Waals surface area contributed by atoms with Crippen LogP contribution >= 0.6 is 0 Å². The van der Waals surface area contributed by atoms with Gasteiger partial charge in [0.2, 0.25) is 11.8 Å². The molecule has 3 N–H and O–H groups in total. The van der Waals surface area contributed by atoms with Gasteiger partial charge in [-0.25, -0.2) is 4.79 Å². The fraction of sp³-hybridized carbons (Fsp3) is 0.225. The Kier molecular flexibility index (Phi) is 7.22. The number of phenols is 1. The van der Waals surface area contributed by atoms with E-state index in [-0.39, 0.29) is 29.8 Å². The second-order valence-electron chi connectivity index (χ2n) is 13.5. The number of aryl methyl sites for hydroxylation is 1.